The number of thiazole rings is 1. The number of nitrogens with two attached hydrogens (primary N) is 1. The van der Waals surface area contributed by atoms with Gasteiger partial charge in [-0.1, -0.05) is 12.1 Å². The van der Waals surface area contributed by atoms with E-state index in [1.165, 1.54) is 10.4 Å². The van der Waals surface area contributed by atoms with Gasteiger partial charge in [-0.15, -0.1) is 11.3 Å². The highest BCUT2D eigenvalue weighted by Gasteiger charge is 2.00. The zero-order chi connectivity index (χ0) is 12.8. The van der Waals surface area contributed by atoms with E-state index in [-0.39, 0.29) is 0 Å². The minimum Gasteiger partial charge on any atom is -0.399 e. The van der Waals surface area contributed by atoms with Crippen molar-refractivity contribution in [3.63, 3.8) is 0 Å². The average molecular weight is 262 g/mol. The second-order valence-electron chi connectivity index (χ2n) is 4.21. The SMILES string of the molecule is Cc1ncsc1CCOCCc1ccc(N)cc1. The van der Waals surface area contributed by atoms with Gasteiger partial charge in [-0.2, -0.15) is 0 Å². The number of anilines is 1. The lowest BCUT2D eigenvalue weighted by molar-refractivity contribution is 0.140. The van der Waals surface area contributed by atoms with Crippen LogP contribution in [0.1, 0.15) is 16.1 Å². The summed E-state index contributed by atoms with van der Waals surface area (Å²) in [4.78, 5) is 5.54. The fourth-order valence-corrected chi connectivity index (χ4v) is 2.47. The molecule has 1 aromatic carbocycles. The summed E-state index contributed by atoms with van der Waals surface area (Å²) in [7, 11) is 0. The normalized spacial score (nSPS) is 10.7. The van der Waals surface area contributed by atoms with E-state index in [4.69, 9.17) is 10.5 Å². The smallest absolute Gasteiger partial charge is 0.0797 e. The second-order valence-corrected chi connectivity index (χ2v) is 5.15. The monoisotopic (exact) mass is 262 g/mol. The number of hydrogen-bond donors (Lipinski definition) is 1. The number of rotatable bonds is 6. The zero-order valence-corrected chi connectivity index (χ0v) is 11.4. The molecule has 3 nitrogen and oxygen atoms in total. The Balaban J connectivity index is 1.64. The Morgan fingerprint density at radius 2 is 1.89 bits per heavy atom. The molecule has 18 heavy (non-hydrogen) atoms. The number of benzene rings is 1. The third kappa shape index (κ3) is 3.82. The molecule has 0 saturated heterocycles. The third-order valence-electron chi connectivity index (χ3n) is 2.83. The van der Waals surface area contributed by atoms with Crippen molar-refractivity contribution in [1.29, 1.82) is 0 Å². The molecule has 0 spiro atoms. The van der Waals surface area contributed by atoms with Gasteiger partial charge < -0.3 is 10.5 Å². The molecule has 2 rings (SSSR count). The molecule has 1 heterocycles. The average Bonchev–Trinajstić information content (AvgIpc) is 2.77. The van der Waals surface area contributed by atoms with Gasteiger partial charge >= 0.3 is 0 Å². The molecule has 96 valence electrons. The van der Waals surface area contributed by atoms with Crippen LogP contribution in [0.3, 0.4) is 0 Å². The first-order valence-corrected chi connectivity index (χ1v) is 6.95. The van der Waals surface area contributed by atoms with E-state index in [0.29, 0.717) is 0 Å². The van der Waals surface area contributed by atoms with Gasteiger partial charge in [-0.3, -0.25) is 0 Å². The van der Waals surface area contributed by atoms with Gasteiger partial charge in [-0.05, 0) is 31.0 Å². The van der Waals surface area contributed by atoms with Gasteiger partial charge in [0.05, 0.1) is 24.4 Å². The molecule has 2 N–H and O–H groups in total. The topological polar surface area (TPSA) is 48.1 Å². The molecule has 0 amide bonds. The summed E-state index contributed by atoms with van der Waals surface area (Å²) in [5.41, 5.74) is 10.7. The first-order valence-electron chi connectivity index (χ1n) is 6.07. The van der Waals surface area contributed by atoms with E-state index >= 15 is 0 Å². The Morgan fingerprint density at radius 3 is 2.56 bits per heavy atom. The summed E-state index contributed by atoms with van der Waals surface area (Å²) in [6, 6.07) is 7.95. The van der Waals surface area contributed by atoms with Crippen molar-refractivity contribution in [2.24, 2.45) is 0 Å². The molecule has 0 radical (unpaired) electrons. The number of aryl methyl sites for hydroxylation is 1. The summed E-state index contributed by atoms with van der Waals surface area (Å²) in [6.45, 7) is 3.56. The predicted octanol–water partition coefficient (Wildman–Crippen LogP) is 2.84. The first-order chi connectivity index (χ1) is 8.75. The van der Waals surface area contributed by atoms with E-state index in [2.05, 4.69) is 4.98 Å². The number of nitrogens with zero attached hydrogens (tertiary/aromatic N) is 1. The number of ether oxygens (including phenoxy) is 1. The molecule has 0 unspecified atom stereocenters. The van der Waals surface area contributed by atoms with Gasteiger partial charge in [0, 0.05) is 17.0 Å². The standard InChI is InChI=1S/C14H18N2OS/c1-11-14(18-10-16-11)7-9-17-8-6-12-2-4-13(15)5-3-12/h2-5,10H,6-9,15H2,1H3. The molecule has 1 aromatic heterocycles. The molecule has 4 heteroatoms. The van der Waals surface area contributed by atoms with Crippen molar-refractivity contribution >= 4 is 17.0 Å². The summed E-state index contributed by atoms with van der Waals surface area (Å²) in [5.74, 6) is 0. The van der Waals surface area contributed by atoms with E-state index < -0.39 is 0 Å². The fourth-order valence-electron chi connectivity index (χ4n) is 1.71. The highest BCUT2D eigenvalue weighted by Crippen LogP contribution is 2.12. The zero-order valence-electron chi connectivity index (χ0n) is 10.6. The Hall–Kier alpha value is -1.39. The van der Waals surface area contributed by atoms with Crippen molar-refractivity contribution in [3.05, 3.63) is 45.9 Å². The highest BCUT2D eigenvalue weighted by atomic mass is 32.1. The van der Waals surface area contributed by atoms with Crippen LogP contribution in [-0.4, -0.2) is 18.2 Å². The highest BCUT2D eigenvalue weighted by molar-refractivity contribution is 7.09. The van der Waals surface area contributed by atoms with Crippen LogP contribution in [0, 0.1) is 6.92 Å². The molecule has 0 bridgehead atoms. The fraction of sp³-hybridized carbons (Fsp3) is 0.357. The minimum absolute atomic E-state index is 0.752. The quantitative estimate of drug-likeness (QED) is 0.643. The van der Waals surface area contributed by atoms with E-state index in [1.807, 2.05) is 36.7 Å². The minimum atomic E-state index is 0.752. The van der Waals surface area contributed by atoms with E-state index in [1.54, 1.807) is 11.3 Å². The van der Waals surface area contributed by atoms with Crippen molar-refractivity contribution in [1.82, 2.24) is 4.98 Å². The summed E-state index contributed by atoms with van der Waals surface area (Å²) >= 11 is 1.70. The summed E-state index contributed by atoms with van der Waals surface area (Å²) < 4.78 is 5.64. The van der Waals surface area contributed by atoms with Crippen LogP contribution in [0.2, 0.25) is 0 Å². The number of aromatic nitrogens is 1. The second kappa shape index (κ2) is 6.52. The summed E-state index contributed by atoms with van der Waals surface area (Å²) in [6.07, 6.45) is 1.89. The molecular formula is C14H18N2OS. The van der Waals surface area contributed by atoms with Gasteiger partial charge in [0.2, 0.25) is 0 Å². The maximum Gasteiger partial charge on any atom is 0.0797 e. The maximum atomic E-state index is 5.64. The lowest BCUT2D eigenvalue weighted by atomic mass is 10.1. The van der Waals surface area contributed by atoms with Crippen LogP contribution < -0.4 is 5.73 Å². The van der Waals surface area contributed by atoms with Crippen LogP contribution in [0.5, 0.6) is 0 Å². The predicted molar refractivity (Wildman–Crippen MR) is 75.9 cm³/mol. The van der Waals surface area contributed by atoms with E-state index in [9.17, 15) is 0 Å². The Morgan fingerprint density at radius 1 is 1.17 bits per heavy atom. The van der Waals surface area contributed by atoms with Crippen LogP contribution in [0.4, 0.5) is 5.69 Å². The molecule has 0 aliphatic heterocycles. The Bertz CT molecular complexity index is 479. The molecule has 0 aliphatic carbocycles. The van der Waals surface area contributed by atoms with Crippen LogP contribution in [0.15, 0.2) is 29.8 Å². The number of nitrogen functional groups attached to an aromatic ring is 1. The van der Waals surface area contributed by atoms with Crippen LogP contribution in [-0.2, 0) is 17.6 Å². The molecule has 2 aromatic rings. The number of hydrogen-bond acceptors (Lipinski definition) is 4. The maximum absolute atomic E-state index is 5.64. The molecule has 0 saturated carbocycles. The Labute approximate surface area is 112 Å². The van der Waals surface area contributed by atoms with Crippen molar-refractivity contribution in [2.75, 3.05) is 18.9 Å². The van der Waals surface area contributed by atoms with Gasteiger partial charge in [-0.25, -0.2) is 4.98 Å². The largest absolute Gasteiger partial charge is 0.399 e. The van der Waals surface area contributed by atoms with Crippen molar-refractivity contribution < 1.29 is 4.74 Å². The van der Waals surface area contributed by atoms with Gasteiger partial charge in [0.15, 0.2) is 0 Å². The molecule has 0 aliphatic rings. The summed E-state index contributed by atoms with van der Waals surface area (Å²) in [5, 5.41) is 0. The van der Waals surface area contributed by atoms with E-state index in [0.717, 1.165) is 37.4 Å². The molecular weight excluding hydrogens is 244 g/mol. The Kier molecular flexibility index (Phi) is 4.73. The van der Waals surface area contributed by atoms with Crippen LogP contribution in [0.25, 0.3) is 0 Å². The third-order valence-corrected chi connectivity index (χ3v) is 3.83. The lowest BCUT2D eigenvalue weighted by Gasteiger charge is -2.04. The molecule has 0 atom stereocenters. The van der Waals surface area contributed by atoms with Crippen LogP contribution >= 0.6 is 11.3 Å². The lowest BCUT2D eigenvalue weighted by Crippen LogP contribution is -2.02. The molecule has 0 fully saturated rings. The van der Waals surface area contributed by atoms with Crippen molar-refractivity contribution in [2.45, 2.75) is 19.8 Å². The van der Waals surface area contributed by atoms with Gasteiger partial charge in [0.1, 0.15) is 0 Å². The van der Waals surface area contributed by atoms with Crippen molar-refractivity contribution in [3.8, 4) is 0 Å². The first kappa shape index (κ1) is 13.1. The van der Waals surface area contributed by atoms with Gasteiger partial charge in [0.25, 0.3) is 0 Å².